The molecule has 0 saturated carbocycles. The van der Waals surface area contributed by atoms with Gasteiger partial charge in [-0.3, -0.25) is 9.58 Å². The zero-order valence-electron chi connectivity index (χ0n) is 14.6. The third kappa shape index (κ3) is 4.00. The Balaban J connectivity index is 1.51. The number of nitrogens with zero attached hydrogens (tertiary/aromatic N) is 3. The Kier molecular flexibility index (Phi) is 4.60. The van der Waals surface area contributed by atoms with E-state index in [-0.39, 0.29) is 12.7 Å². The molecule has 140 valence electrons. The molecule has 0 spiro atoms. The molecule has 0 amide bonds. The first-order valence-electron chi connectivity index (χ1n) is 8.52. The van der Waals surface area contributed by atoms with Gasteiger partial charge in [0.2, 0.25) is 16.8 Å². The maximum atomic E-state index is 11.5. The summed E-state index contributed by atoms with van der Waals surface area (Å²) >= 11 is 0. The van der Waals surface area contributed by atoms with Crippen LogP contribution in [-0.2, 0) is 29.7 Å². The third-order valence-corrected chi connectivity index (χ3v) is 5.31. The number of hydrogen-bond donors (Lipinski definition) is 1. The number of hydrogen-bond acceptors (Lipinski definition) is 6. The van der Waals surface area contributed by atoms with Gasteiger partial charge < -0.3 is 9.47 Å². The van der Waals surface area contributed by atoms with Crippen molar-refractivity contribution in [1.82, 2.24) is 19.4 Å². The lowest BCUT2D eigenvalue weighted by Crippen LogP contribution is -2.36. The van der Waals surface area contributed by atoms with E-state index in [1.165, 1.54) is 6.26 Å². The van der Waals surface area contributed by atoms with Crippen LogP contribution in [0.15, 0.2) is 30.5 Å². The number of fused-ring (bicyclic) bond motifs is 2. The number of rotatable bonds is 5. The maximum Gasteiger partial charge on any atom is 0.231 e. The minimum atomic E-state index is -3.21. The third-order valence-electron chi connectivity index (χ3n) is 4.62. The Bertz CT molecular complexity index is 896. The van der Waals surface area contributed by atoms with E-state index in [1.807, 2.05) is 28.9 Å². The quantitative estimate of drug-likeness (QED) is 0.828. The van der Waals surface area contributed by atoms with Gasteiger partial charge in [0.25, 0.3) is 0 Å². The molecule has 8 nitrogen and oxygen atoms in total. The fourth-order valence-corrected chi connectivity index (χ4v) is 3.97. The van der Waals surface area contributed by atoms with Crippen LogP contribution < -0.4 is 14.2 Å². The van der Waals surface area contributed by atoms with Gasteiger partial charge in [-0.1, -0.05) is 6.07 Å². The fraction of sp³-hybridized carbons (Fsp3) is 0.471. The van der Waals surface area contributed by atoms with Crippen LogP contribution in [0.4, 0.5) is 0 Å². The zero-order chi connectivity index (χ0) is 18.1. The lowest BCUT2D eigenvalue weighted by Gasteiger charge is -2.24. The van der Waals surface area contributed by atoms with Gasteiger partial charge in [-0.05, 0) is 23.8 Å². The van der Waals surface area contributed by atoms with Crippen molar-refractivity contribution < 1.29 is 17.9 Å². The van der Waals surface area contributed by atoms with E-state index in [4.69, 9.17) is 9.47 Å². The van der Waals surface area contributed by atoms with E-state index in [2.05, 4.69) is 14.7 Å². The molecule has 9 heteroatoms. The summed E-state index contributed by atoms with van der Waals surface area (Å²) in [5, 5.41) is 4.38. The molecule has 1 aromatic carbocycles. The van der Waals surface area contributed by atoms with E-state index in [1.54, 1.807) is 6.20 Å². The highest BCUT2D eigenvalue weighted by Gasteiger charge is 2.24. The van der Waals surface area contributed by atoms with Crippen molar-refractivity contribution in [3.05, 3.63) is 41.7 Å². The Morgan fingerprint density at radius 3 is 2.92 bits per heavy atom. The molecule has 0 fully saturated rings. The normalized spacial score (nSPS) is 20.0. The summed E-state index contributed by atoms with van der Waals surface area (Å²) in [5.41, 5.74) is 2.27. The van der Waals surface area contributed by atoms with Crippen molar-refractivity contribution in [1.29, 1.82) is 0 Å². The molecule has 26 heavy (non-hydrogen) atoms. The first kappa shape index (κ1) is 17.3. The van der Waals surface area contributed by atoms with E-state index < -0.39 is 10.0 Å². The molecule has 0 radical (unpaired) electrons. The second kappa shape index (κ2) is 6.90. The van der Waals surface area contributed by atoms with Gasteiger partial charge in [0.15, 0.2) is 11.5 Å². The van der Waals surface area contributed by atoms with Crippen LogP contribution >= 0.6 is 0 Å². The summed E-state index contributed by atoms with van der Waals surface area (Å²) in [7, 11) is -3.21. The van der Waals surface area contributed by atoms with Crippen molar-refractivity contribution >= 4 is 10.0 Å². The second-order valence-corrected chi connectivity index (χ2v) is 8.68. The molecule has 1 N–H and O–H groups in total. The standard InChI is InChI=1S/C17H22N4O4S/c1-26(22,23)19-7-14-9-20(11-15-4-5-18-21(15)10-14)8-13-2-3-16-17(6-13)25-12-24-16/h2-6,14,19H,7-12H2,1H3/t14-/m1/s1. The van der Waals surface area contributed by atoms with Gasteiger partial charge in [0, 0.05) is 44.8 Å². The molecule has 1 aromatic heterocycles. The average molecular weight is 378 g/mol. The predicted octanol–water partition coefficient (Wildman–Crippen LogP) is 0.793. The first-order valence-corrected chi connectivity index (χ1v) is 10.4. The molecule has 0 unspecified atom stereocenters. The van der Waals surface area contributed by atoms with Crippen LogP contribution in [-0.4, -0.2) is 49.2 Å². The Morgan fingerprint density at radius 2 is 2.08 bits per heavy atom. The maximum absolute atomic E-state index is 11.5. The second-order valence-electron chi connectivity index (χ2n) is 6.85. The fourth-order valence-electron chi connectivity index (χ4n) is 3.44. The number of aromatic nitrogens is 2. The summed E-state index contributed by atoms with van der Waals surface area (Å²) in [6.45, 7) is 3.65. The SMILES string of the molecule is CS(=O)(=O)NC[C@@H]1CN(Cc2ccc3c(c2)OCO3)Cc2ccnn2C1. The predicted molar refractivity (Wildman–Crippen MR) is 95.2 cm³/mol. The van der Waals surface area contributed by atoms with Crippen molar-refractivity contribution in [2.45, 2.75) is 19.6 Å². The van der Waals surface area contributed by atoms with Gasteiger partial charge in [0.05, 0.1) is 11.9 Å². The molecule has 2 aromatic rings. The van der Waals surface area contributed by atoms with E-state index in [0.29, 0.717) is 13.1 Å². The van der Waals surface area contributed by atoms with Crippen molar-refractivity contribution in [2.75, 3.05) is 26.1 Å². The summed E-state index contributed by atoms with van der Waals surface area (Å²) in [5.74, 6) is 1.69. The van der Waals surface area contributed by atoms with E-state index in [0.717, 1.165) is 42.4 Å². The Labute approximate surface area is 152 Å². The Morgan fingerprint density at radius 1 is 1.23 bits per heavy atom. The smallest absolute Gasteiger partial charge is 0.231 e. The molecule has 1 atom stereocenters. The number of nitrogens with one attached hydrogen (secondary N) is 1. The molecular formula is C17H22N4O4S. The zero-order valence-corrected chi connectivity index (χ0v) is 15.4. The topological polar surface area (TPSA) is 85.7 Å². The summed E-state index contributed by atoms with van der Waals surface area (Å²) in [6.07, 6.45) is 2.98. The first-order chi connectivity index (χ1) is 12.5. The lowest BCUT2D eigenvalue weighted by atomic mass is 10.1. The highest BCUT2D eigenvalue weighted by atomic mass is 32.2. The molecule has 3 heterocycles. The van der Waals surface area contributed by atoms with Crippen molar-refractivity contribution in [3.63, 3.8) is 0 Å². The molecule has 0 aliphatic carbocycles. The molecule has 2 aliphatic rings. The number of ether oxygens (including phenoxy) is 2. The molecule has 0 bridgehead atoms. The number of benzene rings is 1. The van der Waals surface area contributed by atoms with Crippen LogP contribution in [0.5, 0.6) is 11.5 Å². The highest BCUT2D eigenvalue weighted by Crippen LogP contribution is 2.33. The minimum absolute atomic E-state index is 0.139. The van der Waals surface area contributed by atoms with E-state index >= 15 is 0 Å². The van der Waals surface area contributed by atoms with Gasteiger partial charge in [0.1, 0.15) is 0 Å². The molecular weight excluding hydrogens is 356 g/mol. The van der Waals surface area contributed by atoms with Crippen LogP contribution in [0, 0.1) is 5.92 Å². The summed E-state index contributed by atoms with van der Waals surface area (Å²) in [4.78, 5) is 2.31. The monoisotopic (exact) mass is 378 g/mol. The number of sulfonamides is 1. The largest absolute Gasteiger partial charge is 0.454 e. The lowest BCUT2D eigenvalue weighted by molar-refractivity contribution is 0.174. The molecule has 2 aliphatic heterocycles. The Hall–Kier alpha value is -2.10. The van der Waals surface area contributed by atoms with Crippen LogP contribution in [0.25, 0.3) is 0 Å². The molecule has 0 saturated heterocycles. The van der Waals surface area contributed by atoms with Gasteiger partial charge >= 0.3 is 0 Å². The highest BCUT2D eigenvalue weighted by molar-refractivity contribution is 7.88. The van der Waals surface area contributed by atoms with Crippen molar-refractivity contribution in [3.8, 4) is 11.5 Å². The summed E-state index contributed by atoms with van der Waals surface area (Å²) < 4.78 is 38.4. The average Bonchev–Trinajstić information content (AvgIpc) is 3.18. The van der Waals surface area contributed by atoms with E-state index in [9.17, 15) is 8.42 Å². The van der Waals surface area contributed by atoms with Crippen molar-refractivity contribution in [2.24, 2.45) is 5.92 Å². The summed E-state index contributed by atoms with van der Waals surface area (Å²) in [6, 6.07) is 8.00. The van der Waals surface area contributed by atoms with Gasteiger partial charge in [-0.2, -0.15) is 5.10 Å². The minimum Gasteiger partial charge on any atom is -0.454 e. The van der Waals surface area contributed by atoms with Gasteiger partial charge in [-0.25, -0.2) is 13.1 Å². The van der Waals surface area contributed by atoms with Gasteiger partial charge in [-0.15, -0.1) is 0 Å². The van der Waals surface area contributed by atoms with Crippen LogP contribution in [0.3, 0.4) is 0 Å². The van der Waals surface area contributed by atoms with Crippen LogP contribution in [0.2, 0.25) is 0 Å². The molecule has 4 rings (SSSR count). The van der Waals surface area contributed by atoms with Crippen LogP contribution in [0.1, 0.15) is 11.3 Å².